The first-order valence-corrected chi connectivity index (χ1v) is 10.2. The topological polar surface area (TPSA) is 107 Å². The average Bonchev–Trinajstić information content (AvgIpc) is 3.33. The van der Waals surface area contributed by atoms with Crippen molar-refractivity contribution in [3.8, 4) is 5.75 Å². The van der Waals surface area contributed by atoms with Crippen LogP contribution < -0.4 is 20.8 Å². The van der Waals surface area contributed by atoms with Gasteiger partial charge in [-0.15, -0.1) is 0 Å². The lowest BCUT2D eigenvalue weighted by Gasteiger charge is -2.34. The quantitative estimate of drug-likeness (QED) is 0.753. The van der Waals surface area contributed by atoms with E-state index in [0.717, 1.165) is 12.3 Å². The molecule has 0 unspecified atom stereocenters. The molecule has 2 aromatic rings. The number of carbonyl (C=O) groups is 1. The summed E-state index contributed by atoms with van der Waals surface area (Å²) in [5.74, 6) is -2.08. The molecular weight excluding hydrogens is 412 g/mol. The third-order valence-corrected chi connectivity index (χ3v) is 6.76. The Labute approximate surface area is 176 Å². The third kappa shape index (κ3) is 3.00. The van der Waals surface area contributed by atoms with E-state index >= 15 is 4.39 Å². The van der Waals surface area contributed by atoms with Crippen LogP contribution in [0, 0.1) is 11.7 Å². The molecule has 0 amide bonds. The Kier molecular flexibility index (Phi) is 4.49. The lowest BCUT2D eigenvalue weighted by Crippen LogP contribution is -2.52. The zero-order valence-electron chi connectivity index (χ0n) is 16.9. The van der Waals surface area contributed by atoms with E-state index in [1.165, 1.54) is 11.7 Å². The number of nitrogens with two attached hydrogens (primary N) is 1. The lowest BCUT2D eigenvalue weighted by molar-refractivity contribution is 0.0241. The van der Waals surface area contributed by atoms with Crippen LogP contribution in [0.1, 0.15) is 29.2 Å². The summed E-state index contributed by atoms with van der Waals surface area (Å²) in [6, 6.07) is 0.388. The van der Waals surface area contributed by atoms with Gasteiger partial charge in [-0.05, 0) is 12.5 Å². The predicted molar refractivity (Wildman–Crippen MR) is 108 cm³/mol. The van der Waals surface area contributed by atoms with E-state index in [2.05, 4.69) is 0 Å². The van der Waals surface area contributed by atoms with Crippen molar-refractivity contribution in [2.45, 2.75) is 30.6 Å². The fourth-order valence-electron chi connectivity index (χ4n) is 4.94. The molecule has 5 rings (SSSR count). The van der Waals surface area contributed by atoms with E-state index < -0.39 is 40.5 Å². The van der Waals surface area contributed by atoms with Crippen molar-refractivity contribution in [2.24, 2.45) is 11.7 Å². The number of alkyl halides is 1. The number of benzene rings is 1. The molecule has 1 aromatic carbocycles. The highest BCUT2D eigenvalue weighted by Crippen LogP contribution is 2.47. The number of aromatic carboxylic acids is 1. The van der Waals surface area contributed by atoms with Crippen LogP contribution in [0.25, 0.3) is 10.9 Å². The first-order valence-electron chi connectivity index (χ1n) is 10.2. The molecule has 4 atom stereocenters. The molecular formula is C21H23F2N3O5. The number of fused-ring (bicyclic) bond motifs is 2. The molecule has 1 saturated carbocycles. The number of anilines is 1. The number of carboxylic acid groups (broad SMARTS) is 1. The maximum atomic E-state index is 15.4. The summed E-state index contributed by atoms with van der Waals surface area (Å²) in [6.07, 6.45) is 0.778. The highest BCUT2D eigenvalue weighted by molar-refractivity contribution is 5.97. The van der Waals surface area contributed by atoms with E-state index in [0.29, 0.717) is 32.7 Å². The van der Waals surface area contributed by atoms with Gasteiger partial charge in [0.2, 0.25) is 5.43 Å². The number of carboxylic acids is 1. The van der Waals surface area contributed by atoms with Crippen LogP contribution in [0.15, 0.2) is 17.1 Å². The molecule has 3 heterocycles. The van der Waals surface area contributed by atoms with Gasteiger partial charge in [0.1, 0.15) is 17.4 Å². The normalized spacial score (nSPS) is 29.8. The van der Waals surface area contributed by atoms with Crippen molar-refractivity contribution in [3.05, 3.63) is 33.9 Å². The second kappa shape index (κ2) is 6.89. The Morgan fingerprint density at radius 3 is 2.81 bits per heavy atom. The van der Waals surface area contributed by atoms with Crippen molar-refractivity contribution >= 4 is 22.6 Å². The number of methoxy groups -OCH3 is 1. The van der Waals surface area contributed by atoms with Gasteiger partial charge in [0.25, 0.3) is 0 Å². The van der Waals surface area contributed by atoms with Gasteiger partial charge in [-0.25, -0.2) is 13.6 Å². The number of halogens is 2. The van der Waals surface area contributed by atoms with Crippen LogP contribution >= 0.6 is 0 Å². The van der Waals surface area contributed by atoms with Crippen molar-refractivity contribution in [2.75, 3.05) is 38.3 Å². The molecule has 8 nitrogen and oxygen atoms in total. The summed E-state index contributed by atoms with van der Waals surface area (Å²) in [5, 5.41) is 9.27. The van der Waals surface area contributed by atoms with Gasteiger partial charge in [0, 0.05) is 43.8 Å². The standard InChI is InChI=1S/C21H23F2N3O5/c1-30-19-16-11(18(27)12(20(28)29)7-26(16)15-5-13(15)22)4-14(23)17(19)25-6-10-8-31-3-2-21(10,24)9-25/h4,7,10,13,15H,2-3,5-6,8-9,24H2,1H3,(H,28,29)/t10-,13-,15+,21+/m0/s1. The van der Waals surface area contributed by atoms with E-state index in [4.69, 9.17) is 15.2 Å². The van der Waals surface area contributed by atoms with Crippen molar-refractivity contribution in [1.82, 2.24) is 4.57 Å². The van der Waals surface area contributed by atoms with Crippen molar-refractivity contribution in [1.29, 1.82) is 0 Å². The molecule has 3 N–H and O–H groups in total. The summed E-state index contributed by atoms with van der Waals surface area (Å²) in [7, 11) is 1.35. The minimum atomic E-state index is -1.45. The monoisotopic (exact) mass is 435 g/mol. The molecule has 166 valence electrons. The lowest BCUT2D eigenvalue weighted by atomic mass is 9.84. The van der Waals surface area contributed by atoms with Crippen LogP contribution in [0.3, 0.4) is 0 Å². The molecule has 1 aliphatic carbocycles. The Bertz CT molecular complexity index is 1150. The molecule has 31 heavy (non-hydrogen) atoms. The van der Waals surface area contributed by atoms with Crippen molar-refractivity contribution < 1.29 is 28.2 Å². The van der Waals surface area contributed by atoms with Crippen LogP contribution in [-0.2, 0) is 4.74 Å². The summed E-state index contributed by atoms with van der Waals surface area (Å²) < 4.78 is 41.9. The molecule has 1 aromatic heterocycles. The van der Waals surface area contributed by atoms with E-state index in [1.807, 2.05) is 0 Å². The summed E-state index contributed by atoms with van der Waals surface area (Å²) in [4.78, 5) is 26.2. The number of rotatable bonds is 4. The van der Waals surface area contributed by atoms with Gasteiger partial charge in [-0.2, -0.15) is 0 Å². The first kappa shape index (κ1) is 20.2. The minimum Gasteiger partial charge on any atom is -0.492 e. The summed E-state index contributed by atoms with van der Waals surface area (Å²) >= 11 is 0. The SMILES string of the molecule is COc1c(N2C[C@H]3COCC[C@@]3(N)C2)c(F)cc2c(=O)c(C(=O)O)cn([C@@H]3C[C@@H]3F)c12. The number of ether oxygens (including phenoxy) is 2. The number of hydrogen-bond donors (Lipinski definition) is 2. The Morgan fingerprint density at radius 1 is 1.45 bits per heavy atom. The fourth-order valence-corrected chi connectivity index (χ4v) is 4.94. The second-order valence-corrected chi connectivity index (χ2v) is 8.68. The minimum absolute atomic E-state index is 0.0105. The van der Waals surface area contributed by atoms with Crippen LogP contribution in [0.5, 0.6) is 5.75 Å². The Hall–Kier alpha value is -2.72. The predicted octanol–water partition coefficient (Wildman–Crippen LogP) is 1.68. The first-order chi connectivity index (χ1) is 14.7. The fraction of sp³-hybridized carbons (Fsp3) is 0.524. The molecule has 3 aliphatic rings. The van der Waals surface area contributed by atoms with Gasteiger partial charge in [0.15, 0.2) is 11.6 Å². The zero-order chi connectivity index (χ0) is 22.1. The van der Waals surface area contributed by atoms with E-state index in [9.17, 15) is 19.1 Å². The molecule has 0 spiro atoms. The molecule has 10 heteroatoms. The van der Waals surface area contributed by atoms with Gasteiger partial charge in [-0.3, -0.25) is 4.79 Å². The van der Waals surface area contributed by atoms with Crippen LogP contribution in [0.2, 0.25) is 0 Å². The summed E-state index contributed by atoms with van der Waals surface area (Å²) in [5.41, 5.74) is 5.00. The van der Waals surface area contributed by atoms with Crippen LogP contribution in [-0.4, -0.2) is 60.8 Å². The molecule has 0 bridgehead atoms. The number of nitrogens with zero attached hydrogens (tertiary/aromatic N) is 2. The highest BCUT2D eigenvalue weighted by Gasteiger charge is 2.47. The number of pyridine rings is 1. The molecule has 3 fully saturated rings. The van der Waals surface area contributed by atoms with Crippen molar-refractivity contribution in [3.63, 3.8) is 0 Å². The molecule has 0 radical (unpaired) electrons. The van der Waals surface area contributed by atoms with Gasteiger partial charge >= 0.3 is 5.97 Å². The van der Waals surface area contributed by atoms with Gasteiger partial charge < -0.3 is 29.8 Å². The zero-order valence-corrected chi connectivity index (χ0v) is 16.9. The van der Waals surface area contributed by atoms with E-state index in [1.54, 1.807) is 4.90 Å². The van der Waals surface area contributed by atoms with Gasteiger partial charge in [-0.1, -0.05) is 0 Å². The number of aromatic nitrogens is 1. The molecule has 2 saturated heterocycles. The highest BCUT2D eigenvalue weighted by atomic mass is 19.1. The Balaban J connectivity index is 1.74. The van der Waals surface area contributed by atoms with Crippen LogP contribution in [0.4, 0.5) is 14.5 Å². The Morgan fingerprint density at radius 2 is 2.19 bits per heavy atom. The number of hydrogen-bond acceptors (Lipinski definition) is 6. The maximum absolute atomic E-state index is 15.4. The smallest absolute Gasteiger partial charge is 0.341 e. The summed E-state index contributed by atoms with van der Waals surface area (Å²) in [6.45, 7) is 1.84. The maximum Gasteiger partial charge on any atom is 0.341 e. The van der Waals surface area contributed by atoms with E-state index in [-0.39, 0.29) is 34.7 Å². The third-order valence-electron chi connectivity index (χ3n) is 6.76. The van der Waals surface area contributed by atoms with Gasteiger partial charge in [0.05, 0.1) is 30.7 Å². The average molecular weight is 435 g/mol. The largest absolute Gasteiger partial charge is 0.492 e. The molecule has 2 aliphatic heterocycles. The second-order valence-electron chi connectivity index (χ2n) is 8.68.